The fourth-order valence-electron chi connectivity index (χ4n) is 4.52. The van der Waals surface area contributed by atoms with Crippen molar-refractivity contribution in [2.75, 3.05) is 13.7 Å². The van der Waals surface area contributed by atoms with Crippen LogP contribution in [-0.2, 0) is 9.47 Å². The van der Waals surface area contributed by atoms with Crippen LogP contribution in [0.5, 0.6) is 5.75 Å². The molecule has 35 heavy (non-hydrogen) atoms. The fraction of sp³-hybridized carbons (Fsp3) is 0.500. The summed E-state index contributed by atoms with van der Waals surface area (Å²) in [5.41, 5.74) is -3.89. The number of benzene rings is 1. The Kier molecular flexibility index (Phi) is 7.05. The van der Waals surface area contributed by atoms with E-state index in [1.165, 1.54) is 27.7 Å². The van der Waals surface area contributed by atoms with Gasteiger partial charge in [-0.25, -0.2) is 9.18 Å². The van der Waals surface area contributed by atoms with Gasteiger partial charge >= 0.3 is 12.1 Å². The third-order valence-electron chi connectivity index (χ3n) is 6.80. The maximum atomic E-state index is 14.6. The highest BCUT2D eigenvalue weighted by atomic mass is 19.4. The van der Waals surface area contributed by atoms with Gasteiger partial charge in [-0.1, -0.05) is 13.0 Å². The quantitative estimate of drug-likeness (QED) is 0.445. The van der Waals surface area contributed by atoms with Crippen LogP contribution >= 0.6 is 0 Å². The van der Waals surface area contributed by atoms with Crippen LogP contribution in [0.1, 0.15) is 65.7 Å². The minimum absolute atomic E-state index is 0.0900. The summed E-state index contributed by atoms with van der Waals surface area (Å²) in [6.45, 7) is 6.48. The van der Waals surface area contributed by atoms with Crippen LogP contribution in [0.4, 0.5) is 22.0 Å². The Labute approximate surface area is 198 Å². The van der Waals surface area contributed by atoms with Crippen LogP contribution < -0.4 is 10.2 Å². The molecule has 192 valence electrons. The van der Waals surface area contributed by atoms with Crippen molar-refractivity contribution in [1.29, 1.82) is 0 Å². The Morgan fingerprint density at radius 1 is 1.23 bits per heavy atom. The molecule has 1 N–H and O–H groups in total. The van der Waals surface area contributed by atoms with Crippen molar-refractivity contribution in [3.05, 3.63) is 62.1 Å². The number of halogens is 5. The van der Waals surface area contributed by atoms with Crippen LogP contribution in [0.25, 0.3) is 0 Å². The van der Waals surface area contributed by atoms with Gasteiger partial charge in [-0.15, -0.1) is 0 Å². The second-order valence-corrected chi connectivity index (χ2v) is 8.65. The maximum absolute atomic E-state index is 14.6. The van der Waals surface area contributed by atoms with Crippen molar-refractivity contribution < 1.29 is 41.0 Å². The second kappa shape index (κ2) is 9.25. The van der Waals surface area contributed by atoms with Crippen LogP contribution in [0.3, 0.4) is 0 Å². The molecule has 0 spiro atoms. The van der Waals surface area contributed by atoms with E-state index < -0.39 is 64.1 Å². The summed E-state index contributed by atoms with van der Waals surface area (Å²) in [4.78, 5) is 28.6. The van der Waals surface area contributed by atoms with Crippen molar-refractivity contribution in [2.24, 2.45) is 5.92 Å². The largest absolute Gasteiger partial charge is 0.493 e. The molecule has 1 aromatic carbocycles. The van der Waals surface area contributed by atoms with Crippen molar-refractivity contribution in [3.8, 4) is 5.75 Å². The van der Waals surface area contributed by atoms with E-state index in [-0.39, 0.29) is 23.4 Å². The number of rotatable bonds is 5. The van der Waals surface area contributed by atoms with Gasteiger partial charge in [0.05, 0.1) is 19.4 Å². The third-order valence-corrected chi connectivity index (χ3v) is 6.80. The van der Waals surface area contributed by atoms with Crippen LogP contribution in [0.15, 0.2) is 16.9 Å². The number of aromatic amines is 1. The lowest BCUT2D eigenvalue weighted by atomic mass is 9.76. The Balaban J connectivity index is 2.38. The first-order valence-electron chi connectivity index (χ1n) is 10.9. The van der Waals surface area contributed by atoms with Crippen LogP contribution in [0, 0.1) is 31.4 Å². The summed E-state index contributed by atoms with van der Waals surface area (Å²) in [5.74, 6) is -6.93. The van der Waals surface area contributed by atoms with E-state index in [0.717, 1.165) is 26.2 Å². The Hall–Kier alpha value is -2.95. The summed E-state index contributed by atoms with van der Waals surface area (Å²) >= 11 is 0. The van der Waals surface area contributed by atoms with Gasteiger partial charge in [0.25, 0.3) is 0 Å². The molecular formula is C24H26F5NO5. The summed E-state index contributed by atoms with van der Waals surface area (Å²) in [7, 11) is 1.06. The molecule has 6 nitrogen and oxygen atoms in total. The smallest absolute Gasteiger partial charge is 0.417 e. The molecule has 1 aliphatic rings. The average Bonchev–Trinajstić information content (AvgIpc) is 3.05. The normalized spacial score (nSPS) is 24.5. The summed E-state index contributed by atoms with van der Waals surface area (Å²) in [6, 6.07) is 1.88. The molecule has 1 aromatic heterocycles. The third kappa shape index (κ3) is 4.19. The number of aromatic nitrogens is 1. The zero-order valence-electron chi connectivity index (χ0n) is 20.0. The van der Waals surface area contributed by atoms with Crippen molar-refractivity contribution >= 4 is 5.97 Å². The first-order chi connectivity index (χ1) is 16.2. The molecule has 2 aromatic rings. The lowest BCUT2D eigenvalue weighted by Gasteiger charge is -2.32. The van der Waals surface area contributed by atoms with E-state index in [1.54, 1.807) is 0 Å². The predicted molar refractivity (Wildman–Crippen MR) is 116 cm³/mol. The van der Waals surface area contributed by atoms with E-state index in [0.29, 0.717) is 5.69 Å². The zero-order chi connectivity index (χ0) is 26.5. The first-order valence-corrected chi connectivity index (χ1v) is 10.9. The molecule has 0 radical (unpaired) electrons. The van der Waals surface area contributed by atoms with Crippen LogP contribution in [-0.4, -0.2) is 36.4 Å². The Bertz CT molecular complexity index is 1210. The number of hydrogen-bond acceptors (Lipinski definition) is 5. The molecule has 0 unspecified atom stereocenters. The number of H-pyrrole nitrogens is 1. The highest BCUT2D eigenvalue weighted by Gasteiger charge is 2.65. The molecule has 3 rings (SSSR count). The molecule has 1 fully saturated rings. The van der Waals surface area contributed by atoms with Gasteiger partial charge in [0.2, 0.25) is 5.82 Å². The molecule has 0 saturated carbocycles. The number of carbonyl (C=O) groups is 1. The van der Waals surface area contributed by atoms with Crippen LogP contribution in [0.2, 0.25) is 0 Å². The van der Waals surface area contributed by atoms with Gasteiger partial charge in [0.15, 0.2) is 22.6 Å². The average molecular weight is 503 g/mol. The van der Waals surface area contributed by atoms with E-state index in [1.807, 2.05) is 0 Å². The number of aryl methyl sites for hydroxylation is 1. The number of methoxy groups -OCH3 is 1. The van der Waals surface area contributed by atoms with Gasteiger partial charge in [0, 0.05) is 28.7 Å². The Morgan fingerprint density at radius 2 is 1.86 bits per heavy atom. The zero-order valence-corrected chi connectivity index (χ0v) is 20.0. The lowest BCUT2D eigenvalue weighted by Crippen LogP contribution is -2.46. The predicted octanol–water partition coefficient (Wildman–Crippen LogP) is 5.27. The second-order valence-electron chi connectivity index (χ2n) is 8.65. The van der Waals surface area contributed by atoms with Gasteiger partial charge in [-0.05, 0) is 33.8 Å². The number of ether oxygens (including phenoxy) is 3. The van der Waals surface area contributed by atoms with Crippen molar-refractivity contribution in [1.82, 2.24) is 4.98 Å². The van der Waals surface area contributed by atoms with Gasteiger partial charge in [-0.3, -0.25) is 4.79 Å². The standard InChI is InChI=1S/C24H26F5NO5/c1-7-34-22(32)16-18(30-12(4)10(2)19(16)31)21-15(11(3)23(5,35-21)24(27,28)29)13-8-9-14(25)17(26)20(13)33-6/h8-9,11,15,21H,7H2,1-6H3,(H,30,31)/t11-,15-,21+,23+/m0/s1. The van der Waals surface area contributed by atoms with E-state index >= 15 is 0 Å². The highest BCUT2D eigenvalue weighted by Crippen LogP contribution is 2.59. The molecule has 11 heteroatoms. The topological polar surface area (TPSA) is 77.6 Å². The van der Waals surface area contributed by atoms with E-state index in [2.05, 4.69) is 4.98 Å². The molecule has 4 atom stereocenters. The van der Waals surface area contributed by atoms with E-state index in [9.17, 15) is 31.5 Å². The minimum atomic E-state index is -4.88. The maximum Gasteiger partial charge on any atom is 0.417 e. The Morgan fingerprint density at radius 3 is 2.40 bits per heavy atom. The number of pyridine rings is 1. The minimum Gasteiger partial charge on any atom is -0.493 e. The lowest BCUT2D eigenvalue weighted by molar-refractivity contribution is -0.275. The fourth-order valence-corrected chi connectivity index (χ4v) is 4.52. The summed E-state index contributed by atoms with van der Waals surface area (Å²) in [6.07, 6.45) is -6.46. The summed E-state index contributed by atoms with van der Waals surface area (Å²) < 4.78 is 86.9. The molecule has 1 aliphatic heterocycles. The molecule has 2 heterocycles. The molecule has 0 bridgehead atoms. The highest BCUT2D eigenvalue weighted by molar-refractivity contribution is 5.91. The number of esters is 1. The number of hydrogen-bond donors (Lipinski definition) is 1. The molecule has 1 saturated heterocycles. The van der Waals surface area contributed by atoms with Crippen molar-refractivity contribution in [2.45, 2.75) is 58.4 Å². The van der Waals surface area contributed by atoms with Crippen molar-refractivity contribution in [3.63, 3.8) is 0 Å². The molecular weight excluding hydrogens is 477 g/mol. The molecule has 0 aliphatic carbocycles. The summed E-state index contributed by atoms with van der Waals surface area (Å²) in [5, 5.41) is 0. The monoisotopic (exact) mass is 503 g/mol. The SMILES string of the molecule is CCOC(=O)c1c([C@@H]2O[C@@](C)(C(F)(F)F)[C@@H](C)[C@H]2c2ccc(F)c(F)c2OC)[nH]c(C)c(C)c1=O. The van der Waals surface area contributed by atoms with E-state index in [4.69, 9.17) is 14.2 Å². The van der Waals surface area contributed by atoms with Gasteiger partial charge < -0.3 is 19.2 Å². The van der Waals surface area contributed by atoms with Gasteiger partial charge in [0.1, 0.15) is 11.7 Å². The first kappa shape index (κ1) is 26.7. The number of carbonyl (C=O) groups excluding carboxylic acids is 1. The molecule has 0 amide bonds. The van der Waals surface area contributed by atoms with Gasteiger partial charge in [-0.2, -0.15) is 17.6 Å². The number of nitrogens with one attached hydrogen (secondary N) is 1. The number of alkyl halides is 3.